The fraction of sp³-hybridized carbons (Fsp3) is 0.389. The van der Waals surface area contributed by atoms with Gasteiger partial charge in [-0.25, -0.2) is 4.98 Å². The number of carbonyl (C=O) groups excluding carboxylic acids is 1. The standard InChI is InChI=1S/C18H17ClF3N3O2S/c1-9(28-17-24-13-5-3-2-4-11(13)16(27)25-17)15(26)23-14-8-10(19)6-7-12(14)18(20,21)22/h6-9H,2-5H2,1H3,(H,23,26)(H,24,25,27). The second kappa shape index (κ2) is 8.16. The first kappa shape index (κ1) is 20.7. The molecule has 0 aliphatic heterocycles. The summed E-state index contributed by atoms with van der Waals surface area (Å²) < 4.78 is 39.4. The number of fused-ring (bicyclic) bond motifs is 1. The summed E-state index contributed by atoms with van der Waals surface area (Å²) in [5, 5.41) is 1.83. The molecule has 150 valence electrons. The highest BCUT2D eigenvalue weighted by Gasteiger charge is 2.34. The van der Waals surface area contributed by atoms with Gasteiger partial charge in [0.05, 0.1) is 22.2 Å². The minimum Gasteiger partial charge on any atom is -0.324 e. The van der Waals surface area contributed by atoms with E-state index in [1.165, 1.54) is 6.92 Å². The summed E-state index contributed by atoms with van der Waals surface area (Å²) in [5.74, 6) is -0.655. The second-order valence-electron chi connectivity index (χ2n) is 6.44. The van der Waals surface area contributed by atoms with E-state index in [4.69, 9.17) is 11.6 Å². The molecule has 1 atom stereocenters. The normalized spacial score (nSPS) is 15.0. The Morgan fingerprint density at radius 1 is 1.32 bits per heavy atom. The molecule has 0 saturated heterocycles. The molecular formula is C18H17ClF3N3O2S. The molecule has 10 heteroatoms. The molecule has 2 N–H and O–H groups in total. The van der Waals surface area contributed by atoms with Crippen molar-refractivity contribution in [3.05, 3.63) is 50.4 Å². The molecule has 0 saturated carbocycles. The molecular weight excluding hydrogens is 415 g/mol. The molecule has 0 spiro atoms. The minimum absolute atomic E-state index is 0.0734. The molecule has 5 nitrogen and oxygen atoms in total. The van der Waals surface area contributed by atoms with E-state index in [1.54, 1.807) is 0 Å². The molecule has 0 radical (unpaired) electrons. The van der Waals surface area contributed by atoms with Crippen LogP contribution in [0.4, 0.5) is 18.9 Å². The van der Waals surface area contributed by atoms with Crippen LogP contribution >= 0.6 is 23.4 Å². The summed E-state index contributed by atoms with van der Waals surface area (Å²) >= 11 is 6.75. The first-order chi connectivity index (χ1) is 13.1. The maximum absolute atomic E-state index is 13.1. The smallest absolute Gasteiger partial charge is 0.324 e. The number of thioether (sulfide) groups is 1. The summed E-state index contributed by atoms with van der Waals surface area (Å²) in [5.41, 5.74) is -0.234. The monoisotopic (exact) mass is 431 g/mol. The van der Waals surface area contributed by atoms with Gasteiger partial charge in [0, 0.05) is 10.6 Å². The lowest BCUT2D eigenvalue weighted by molar-refractivity contribution is -0.137. The van der Waals surface area contributed by atoms with Gasteiger partial charge in [-0.2, -0.15) is 13.2 Å². The molecule has 1 heterocycles. The Kier molecular flexibility index (Phi) is 6.04. The topological polar surface area (TPSA) is 74.8 Å². The Bertz CT molecular complexity index is 962. The number of nitrogens with one attached hydrogen (secondary N) is 2. The molecule has 1 unspecified atom stereocenters. The van der Waals surface area contributed by atoms with Crippen LogP contribution in [-0.2, 0) is 23.8 Å². The lowest BCUT2D eigenvalue weighted by atomic mass is 9.97. The Morgan fingerprint density at radius 3 is 2.75 bits per heavy atom. The van der Waals surface area contributed by atoms with Gasteiger partial charge < -0.3 is 10.3 Å². The number of hydrogen-bond acceptors (Lipinski definition) is 4. The average molecular weight is 432 g/mol. The molecule has 3 rings (SSSR count). The van der Waals surface area contributed by atoms with Gasteiger partial charge in [0.2, 0.25) is 5.91 Å². The van der Waals surface area contributed by atoms with E-state index >= 15 is 0 Å². The van der Waals surface area contributed by atoms with Gasteiger partial charge >= 0.3 is 6.18 Å². The van der Waals surface area contributed by atoms with E-state index in [2.05, 4.69) is 15.3 Å². The molecule has 1 aromatic heterocycles. The SMILES string of the molecule is CC(Sc1nc2c(c(=O)[nH]1)CCCC2)C(=O)Nc1cc(Cl)ccc1C(F)(F)F. The maximum atomic E-state index is 13.1. The van der Waals surface area contributed by atoms with Crippen molar-refractivity contribution >= 4 is 35.0 Å². The van der Waals surface area contributed by atoms with Crippen molar-refractivity contribution in [1.29, 1.82) is 0 Å². The van der Waals surface area contributed by atoms with Crippen molar-refractivity contribution in [2.75, 3.05) is 5.32 Å². The zero-order valence-electron chi connectivity index (χ0n) is 14.8. The molecule has 0 fully saturated rings. The van der Waals surface area contributed by atoms with E-state index in [0.717, 1.165) is 48.5 Å². The van der Waals surface area contributed by atoms with Gasteiger partial charge in [-0.05, 0) is 50.8 Å². The number of nitrogens with zero attached hydrogens (tertiary/aromatic N) is 1. The van der Waals surface area contributed by atoms with Crippen LogP contribution in [0.1, 0.15) is 36.6 Å². The number of hydrogen-bond donors (Lipinski definition) is 2. The summed E-state index contributed by atoms with van der Waals surface area (Å²) in [4.78, 5) is 31.6. The number of aromatic amines is 1. The van der Waals surface area contributed by atoms with Crippen LogP contribution in [0.15, 0.2) is 28.2 Å². The highest BCUT2D eigenvalue weighted by atomic mass is 35.5. The maximum Gasteiger partial charge on any atom is 0.418 e. The van der Waals surface area contributed by atoms with Gasteiger partial charge in [-0.1, -0.05) is 23.4 Å². The number of anilines is 1. The van der Waals surface area contributed by atoms with Gasteiger partial charge in [0.15, 0.2) is 5.16 Å². The zero-order valence-corrected chi connectivity index (χ0v) is 16.4. The van der Waals surface area contributed by atoms with Crippen molar-refractivity contribution in [2.45, 2.75) is 49.2 Å². The Balaban J connectivity index is 1.77. The number of amides is 1. The fourth-order valence-electron chi connectivity index (χ4n) is 2.96. The number of halogens is 4. The molecule has 1 aliphatic rings. The molecule has 28 heavy (non-hydrogen) atoms. The lowest BCUT2D eigenvalue weighted by Crippen LogP contribution is -2.26. The number of aryl methyl sites for hydroxylation is 1. The zero-order chi connectivity index (χ0) is 20.5. The number of rotatable bonds is 4. The van der Waals surface area contributed by atoms with E-state index in [1.807, 2.05) is 0 Å². The third kappa shape index (κ3) is 4.70. The lowest BCUT2D eigenvalue weighted by Gasteiger charge is -2.17. The highest BCUT2D eigenvalue weighted by molar-refractivity contribution is 8.00. The van der Waals surface area contributed by atoms with E-state index in [-0.39, 0.29) is 15.7 Å². The molecule has 0 bridgehead atoms. The summed E-state index contributed by atoms with van der Waals surface area (Å²) in [6.45, 7) is 1.53. The fourth-order valence-corrected chi connectivity index (χ4v) is 3.95. The van der Waals surface area contributed by atoms with Crippen LogP contribution < -0.4 is 10.9 Å². The third-order valence-corrected chi connectivity index (χ3v) is 5.59. The van der Waals surface area contributed by atoms with Gasteiger partial charge in [-0.3, -0.25) is 9.59 Å². The van der Waals surface area contributed by atoms with Crippen LogP contribution in [0.2, 0.25) is 5.02 Å². The van der Waals surface area contributed by atoms with E-state index < -0.39 is 28.6 Å². The summed E-state index contributed by atoms with van der Waals surface area (Å²) in [6, 6.07) is 2.98. The highest BCUT2D eigenvalue weighted by Crippen LogP contribution is 2.36. The Morgan fingerprint density at radius 2 is 2.04 bits per heavy atom. The van der Waals surface area contributed by atoms with Crippen molar-refractivity contribution in [1.82, 2.24) is 9.97 Å². The van der Waals surface area contributed by atoms with Crippen LogP contribution in [0.25, 0.3) is 0 Å². The Hall–Kier alpha value is -2.00. The average Bonchev–Trinajstić information content (AvgIpc) is 2.60. The molecule has 2 aromatic rings. The number of carbonyl (C=O) groups is 1. The van der Waals surface area contributed by atoms with Gasteiger partial charge in [-0.15, -0.1) is 0 Å². The molecule has 1 aromatic carbocycles. The minimum atomic E-state index is -4.63. The first-order valence-corrected chi connectivity index (χ1v) is 9.87. The number of alkyl halides is 3. The van der Waals surface area contributed by atoms with Crippen LogP contribution in [-0.4, -0.2) is 21.1 Å². The quantitative estimate of drug-likeness (QED) is 0.554. The van der Waals surface area contributed by atoms with Crippen LogP contribution in [0, 0.1) is 0 Å². The molecule has 1 amide bonds. The van der Waals surface area contributed by atoms with E-state index in [9.17, 15) is 22.8 Å². The van der Waals surface area contributed by atoms with Crippen molar-refractivity contribution in [3.8, 4) is 0 Å². The predicted molar refractivity (Wildman–Crippen MR) is 102 cm³/mol. The second-order valence-corrected chi connectivity index (χ2v) is 8.21. The number of aromatic nitrogens is 2. The molecule has 1 aliphatic carbocycles. The van der Waals surface area contributed by atoms with Gasteiger partial charge in [0.25, 0.3) is 5.56 Å². The van der Waals surface area contributed by atoms with Crippen molar-refractivity contribution < 1.29 is 18.0 Å². The third-order valence-electron chi connectivity index (χ3n) is 4.37. The van der Waals surface area contributed by atoms with Crippen LogP contribution in [0.3, 0.4) is 0 Å². The van der Waals surface area contributed by atoms with E-state index in [0.29, 0.717) is 18.4 Å². The largest absolute Gasteiger partial charge is 0.418 e. The predicted octanol–water partition coefficient (Wildman–Crippen LogP) is 4.44. The Labute approximate surface area is 168 Å². The van der Waals surface area contributed by atoms with Crippen molar-refractivity contribution in [3.63, 3.8) is 0 Å². The van der Waals surface area contributed by atoms with Crippen molar-refractivity contribution in [2.24, 2.45) is 0 Å². The van der Waals surface area contributed by atoms with Crippen LogP contribution in [0.5, 0.6) is 0 Å². The first-order valence-electron chi connectivity index (χ1n) is 8.61. The van der Waals surface area contributed by atoms with Gasteiger partial charge in [0.1, 0.15) is 0 Å². The summed E-state index contributed by atoms with van der Waals surface area (Å²) in [6.07, 6.45) is -1.38. The number of benzene rings is 1. The summed E-state index contributed by atoms with van der Waals surface area (Å²) in [7, 11) is 0. The number of H-pyrrole nitrogens is 1.